The van der Waals surface area contributed by atoms with Crippen LogP contribution in [0.3, 0.4) is 0 Å². The van der Waals surface area contributed by atoms with E-state index >= 15 is 0 Å². The van der Waals surface area contributed by atoms with Crippen molar-refractivity contribution in [3.63, 3.8) is 0 Å². The molecule has 0 saturated heterocycles. The molecular formula is C10H15F3O2. The number of hydrogen-bond acceptors (Lipinski definition) is 2. The minimum absolute atomic E-state index is 0.0240. The average Bonchev–Trinajstić information content (AvgIpc) is 2.63. The molecular weight excluding hydrogens is 209 g/mol. The van der Waals surface area contributed by atoms with Crippen LogP contribution in [-0.2, 0) is 9.53 Å². The highest BCUT2D eigenvalue weighted by Crippen LogP contribution is 2.25. The summed E-state index contributed by atoms with van der Waals surface area (Å²) >= 11 is 0. The molecule has 15 heavy (non-hydrogen) atoms. The molecule has 1 saturated carbocycles. The molecule has 5 heteroatoms. The zero-order valence-corrected chi connectivity index (χ0v) is 8.48. The monoisotopic (exact) mass is 224 g/mol. The standard InChI is InChI=1S/C10H15F3O2/c11-10(12,13)5-6-15-7-9(14)8-3-1-2-4-8/h8H,1-7H2. The average molecular weight is 224 g/mol. The molecule has 1 aliphatic rings. The molecule has 0 atom stereocenters. The molecule has 0 unspecified atom stereocenters. The lowest BCUT2D eigenvalue weighted by Gasteiger charge is -2.09. The van der Waals surface area contributed by atoms with Crippen LogP contribution in [0, 0.1) is 5.92 Å². The molecule has 0 aromatic rings. The SMILES string of the molecule is O=C(COCCC(F)(F)F)C1CCCC1. The molecule has 88 valence electrons. The molecule has 0 amide bonds. The maximum atomic E-state index is 11.7. The number of carbonyl (C=O) groups excluding carboxylic acids is 1. The molecule has 1 rings (SSSR count). The van der Waals surface area contributed by atoms with Crippen LogP contribution in [0.15, 0.2) is 0 Å². The Labute approximate surface area is 86.8 Å². The number of halogens is 3. The van der Waals surface area contributed by atoms with Crippen LogP contribution in [0.25, 0.3) is 0 Å². The fourth-order valence-electron chi connectivity index (χ4n) is 1.73. The van der Waals surface area contributed by atoms with E-state index in [9.17, 15) is 18.0 Å². The van der Waals surface area contributed by atoms with Gasteiger partial charge in [-0.2, -0.15) is 13.2 Å². The molecule has 0 aromatic heterocycles. The van der Waals surface area contributed by atoms with Gasteiger partial charge in [-0.3, -0.25) is 4.79 Å². The van der Waals surface area contributed by atoms with Gasteiger partial charge in [-0.05, 0) is 12.8 Å². The molecule has 0 radical (unpaired) electrons. The van der Waals surface area contributed by atoms with Gasteiger partial charge < -0.3 is 4.74 Å². The number of alkyl halides is 3. The lowest BCUT2D eigenvalue weighted by atomic mass is 10.0. The van der Waals surface area contributed by atoms with E-state index in [1.807, 2.05) is 0 Å². The van der Waals surface area contributed by atoms with Crippen LogP contribution in [0.2, 0.25) is 0 Å². The maximum Gasteiger partial charge on any atom is 0.391 e. The first kappa shape index (κ1) is 12.5. The van der Waals surface area contributed by atoms with Crippen molar-refractivity contribution >= 4 is 5.78 Å². The summed E-state index contributed by atoms with van der Waals surface area (Å²) in [7, 11) is 0. The van der Waals surface area contributed by atoms with Crippen molar-refractivity contribution in [2.24, 2.45) is 5.92 Å². The lowest BCUT2D eigenvalue weighted by molar-refractivity contribution is -0.149. The first-order valence-electron chi connectivity index (χ1n) is 5.16. The highest BCUT2D eigenvalue weighted by Gasteiger charge is 2.27. The number of rotatable bonds is 5. The minimum atomic E-state index is -4.20. The fraction of sp³-hybridized carbons (Fsp3) is 0.900. The molecule has 0 bridgehead atoms. The highest BCUT2D eigenvalue weighted by molar-refractivity contribution is 5.82. The third-order valence-electron chi connectivity index (χ3n) is 2.58. The minimum Gasteiger partial charge on any atom is -0.373 e. The number of carbonyl (C=O) groups is 1. The number of Topliss-reactive ketones (excluding diaryl/α,β-unsaturated/α-hetero) is 1. The van der Waals surface area contributed by atoms with E-state index in [0.717, 1.165) is 25.7 Å². The predicted molar refractivity (Wildman–Crippen MR) is 48.5 cm³/mol. The lowest BCUT2D eigenvalue weighted by Crippen LogP contribution is -2.19. The second kappa shape index (κ2) is 5.49. The third-order valence-corrected chi connectivity index (χ3v) is 2.58. The largest absolute Gasteiger partial charge is 0.391 e. The Morgan fingerprint density at radius 3 is 2.40 bits per heavy atom. The van der Waals surface area contributed by atoms with Crippen molar-refractivity contribution in [1.82, 2.24) is 0 Å². The predicted octanol–water partition coefficient (Wildman–Crippen LogP) is 2.71. The topological polar surface area (TPSA) is 26.3 Å². The van der Waals surface area contributed by atoms with Gasteiger partial charge in [0.05, 0.1) is 13.0 Å². The Morgan fingerprint density at radius 2 is 1.87 bits per heavy atom. The molecule has 0 spiro atoms. The normalized spacial score (nSPS) is 18.3. The van der Waals surface area contributed by atoms with Crippen molar-refractivity contribution in [3.05, 3.63) is 0 Å². The van der Waals surface area contributed by atoms with E-state index in [0.29, 0.717) is 0 Å². The maximum absolute atomic E-state index is 11.7. The zero-order chi connectivity index (χ0) is 11.3. The Bertz CT molecular complexity index is 207. The zero-order valence-electron chi connectivity index (χ0n) is 8.48. The summed E-state index contributed by atoms with van der Waals surface area (Å²) in [5, 5.41) is 0. The van der Waals surface area contributed by atoms with Crippen molar-refractivity contribution in [1.29, 1.82) is 0 Å². The van der Waals surface area contributed by atoms with Gasteiger partial charge in [0, 0.05) is 5.92 Å². The number of hydrogen-bond donors (Lipinski definition) is 0. The van der Waals surface area contributed by atoms with Crippen molar-refractivity contribution in [3.8, 4) is 0 Å². The summed E-state index contributed by atoms with van der Waals surface area (Å²) in [6, 6.07) is 0. The third kappa shape index (κ3) is 5.16. The van der Waals surface area contributed by atoms with Gasteiger partial charge >= 0.3 is 6.18 Å². The number of ketones is 1. The summed E-state index contributed by atoms with van der Waals surface area (Å²) in [4.78, 5) is 11.4. The van der Waals surface area contributed by atoms with Gasteiger partial charge in [0.1, 0.15) is 6.61 Å². The first-order valence-corrected chi connectivity index (χ1v) is 5.16. The summed E-state index contributed by atoms with van der Waals surface area (Å²) < 4.78 is 39.9. The highest BCUT2D eigenvalue weighted by atomic mass is 19.4. The Morgan fingerprint density at radius 1 is 1.27 bits per heavy atom. The van der Waals surface area contributed by atoms with E-state index in [2.05, 4.69) is 0 Å². The van der Waals surface area contributed by atoms with Crippen LogP contribution in [0.1, 0.15) is 32.1 Å². The summed E-state index contributed by atoms with van der Waals surface area (Å²) in [6.07, 6.45) is -1.37. The second-order valence-electron chi connectivity index (χ2n) is 3.87. The van der Waals surface area contributed by atoms with Crippen LogP contribution < -0.4 is 0 Å². The molecule has 2 nitrogen and oxygen atoms in total. The Kier molecular flexibility index (Phi) is 4.57. The van der Waals surface area contributed by atoms with Crippen molar-refractivity contribution in [2.75, 3.05) is 13.2 Å². The van der Waals surface area contributed by atoms with Crippen molar-refractivity contribution in [2.45, 2.75) is 38.3 Å². The van der Waals surface area contributed by atoms with Gasteiger partial charge in [-0.25, -0.2) is 0 Å². The molecule has 0 heterocycles. The van der Waals surface area contributed by atoms with Crippen LogP contribution in [0.5, 0.6) is 0 Å². The van der Waals surface area contributed by atoms with E-state index in [4.69, 9.17) is 4.74 Å². The van der Waals surface area contributed by atoms with Crippen LogP contribution in [-0.4, -0.2) is 25.2 Å². The van der Waals surface area contributed by atoms with Crippen molar-refractivity contribution < 1.29 is 22.7 Å². The molecule has 0 aliphatic heterocycles. The van der Waals surface area contributed by atoms with E-state index in [-0.39, 0.29) is 18.3 Å². The fourth-order valence-corrected chi connectivity index (χ4v) is 1.73. The quantitative estimate of drug-likeness (QED) is 0.671. The summed E-state index contributed by atoms with van der Waals surface area (Å²) in [6.45, 7) is -0.581. The van der Waals surface area contributed by atoms with Gasteiger partial charge in [-0.15, -0.1) is 0 Å². The molecule has 0 aromatic carbocycles. The summed E-state index contributed by atoms with van der Waals surface area (Å²) in [5.74, 6) is -0.0226. The Balaban J connectivity index is 2.07. The van der Waals surface area contributed by atoms with Gasteiger partial charge in [0.15, 0.2) is 5.78 Å². The second-order valence-corrected chi connectivity index (χ2v) is 3.87. The van der Waals surface area contributed by atoms with Gasteiger partial charge in [-0.1, -0.05) is 12.8 Å². The van der Waals surface area contributed by atoms with Gasteiger partial charge in [0.2, 0.25) is 0 Å². The van der Waals surface area contributed by atoms with Crippen LogP contribution >= 0.6 is 0 Å². The van der Waals surface area contributed by atoms with Crippen LogP contribution in [0.4, 0.5) is 13.2 Å². The van der Waals surface area contributed by atoms with E-state index < -0.39 is 19.2 Å². The molecule has 1 fully saturated rings. The number of ether oxygens (including phenoxy) is 1. The summed E-state index contributed by atoms with van der Waals surface area (Å²) in [5.41, 5.74) is 0. The molecule has 0 N–H and O–H groups in total. The Hall–Kier alpha value is -0.580. The first-order chi connectivity index (χ1) is 6.99. The van der Waals surface area contributed by atoms with E-state index in [1.165, 1.54) is 0 Å². The van der Waals surface area contributed by atoms with E-state index in [1.54, 1.807) is 0 Å². The van der Waals surface area contributed by atoms with Gasteiger partial charge in [0.25, 0.3) is 0 Å². The smallest absolute Gasteiger partial charge is 0.373 e. The molecule has 1 aliphatic carbocycles.